The van der Waals surface area contributed by atoms with Crippen LogP contribution in [0.25, 0.3) is 0 Å². The van der Waals surface area contributed by atoms with Crippen LogP contribution in [0.3, 0.4) is 0 Å². The highest BCUT2D eigenvalue weighted by atomic mass is 35.5. The zero-order chi connectivity index (χ0) is 16.1. The van der Waals surface area contributed by atoms with Crippen molar-refractivity contribution >= 4 is 24.2 Å². The minimum atomic E-state index is 0. The van der Waals surface area contributed by atoms with Gasteiger partial charge in [-0.1, -0.05) is 75.2 Å². The van der Waals surface area contributed by atoms with Crippen LogP contribution in [0.1, 0.15) is 56.7 Å². The van der Waals surface area contributed by atoms with Gasteiger partial charge in [-0.15, -0.1) is 24.2 Å². The summed E-state index contributed by atoms with van der Waals surface area (Å²) in [4.78, 5) is 1.43. The molecule has 1 N–H and O–H groups in total. The Morgan fingerprint density at radius 3 is 2.46 bits per heavy atom. The maximum absolute atomic E-state index is 4.07. The molecule has 0 bridgehead atoms. The quantitative estimate of drug-likeness (QED) is 0.677. The van der Waals surface area contributed by atoms with Crippen molar-refractivity contribution in [2.75, 3.05) is 5.75 Å². The van der Waals surface area contributed by atoms with Crippen LogP contribution in [-0.4, -0.2) is 11.3 Å². The molecule has 1 heterocycles. The van der Waals surface area contributed by atoms with Crippen LogP contribution in [0.5, 0.6) is 0 Å². The van der Waals surface area contributed by atoms with Gasteiger partial charge in [-0.05, 0) is 30.0 Å². The Morgan fingerprint density at radius 2 is 1.75 bits per heavy atom. The molecule has 3 rings (SSSR count). The number of hydrogen-bond acceptors (Lipinski definition) is 2. The van der Waals surface area contributed by atoms with Gasteiger partial charge in [-0.25, -0.2) is 0 Å². The highest BCUT2D eigenvalue weighted by Crippen LogP contribution is 2.40. The normalized spacial score (nSPS) is 23.0. The lowest BCUT2D eigenvalue weighted by Crippen LogP contribution is -2.48. The molecule has 1 aliphatic heterocycles. The summed E-state index contributed by atoms with van der Waals surface area (Å²) in [6.45, 7) is 4.62. The first-order valence-electron chi connectivity index (χ1n) is 8.82. The maximum atomic E-state index is 4.07. The van der Waals surface area contributed by atoms with Crippen LogP contribution >= 0.6 is 24.2 Å². The smallest absolute Gasteiger partial charge is 0.0592 e. The third kappa shape index (κ3) is 4.17. The number of halogens is 1. The molecule has 2 atom stereocenters. The Bertz CT molecular complexity index is 631. The van der Waals surface area contributed by atoms with Crippen LogP contribution < -0.4 is 5.32 Å². The third-order valence-electron chi connectivity index (χ3n) is 5.00. The van der Waals surface area contributed by atoms with E-state index >= 15 is 0 Å². The number of nitrogens with one attached hydrogen (secondary N) is 1. The lowest BCUT2D eigenvalue weighted by molar-refractivity contribution is 0.298. The molecular weight excluding hydrogens is 334 g/mol. The maximum Gasteiger partial charge on any atom is 0.0592 e. The van der Waals surface area contributed by atoms with E-state index in [0.717, 1.165) is 5.75 Å². The van der Waals surface area contributed by atoms with E-state index in [0.29, 0.717) is 6.04 Å². The summed E-state index contributed by atoms with van der Waals surface area (Å²) in [5, 5.41) is 4.07. The number of rotatable bonds is 5. The predicted octanol–water partition coefficient (Wildman–Crippen LogP) is 6.23. The van der Waals surface area contributed by atoms with Gasteiger partial charge in [-0.3, -0.25) is 5.32 Å². The van der Waals surface area contributed by atoms with Crippen molar-refractivity contribution in [3.8, 4) is 0 Å². The fraction of sp³-hybridized carbons (Fsp3) is 0.429. The second kappa shape index (κ2) is 8.94. The van der Waals surface area contributed by atoms with Gasteiger partial charge in [0.1, 0.15) is 0 Å². The first kappa shape index (κ1) is 19.4. The first-order valence-corrected chi connectivity index (χ1v) is 9.81. The average Bonchev–Trinajstić information content (AvgIpc) is 2.79. The van der Waals surface area contributed by atoms with Gasteiger partial charge in [0.15, 0.2) is 0 Å². The molecule has 130 valence electrons. The summed E-state index contributed by atoms with van der Waals surface area (Å²) in [5.41, 5.74) is 3.02. The van der Waals surface area contributed by atoms with Gasteiger partial charge < -0.3 is 0 Å². The molecule has 0 aliphatic carbocycles. The second-order valence-corrected chi connectivity index (χ2v) is 7.57. The van der Waals surface area contributed by atoms with Gasteiger partial charge >= 0.3 is 0 Å². The highest BCUT2D eigenvalue weighted by molar-refractivity contribution is 7.99. The Morgan fingerprint density at radius 1 is 1.04 bits per heavy atom. The standard InChI is InChI=1S/C21H27NS.ClH/c1-3-5-15-21(4-2)16-23-19-14-10-9-13-18(19)20(22-21)17-11-7-6-8-12-17;/h6-14,20,22H,3-5,15-16H2,1-2H3;1H. The molecule has 0 saturated carbocycles. The molecule has 0 saturated heterocycles. The Hall–Kier alpha value is -0.960. The van der Waals surface area contributed by atoms with Crippen molar-refractivity contribution in [2.45, 2.75) is 56.0 Å². The minimum Gasteiger partial charge on any atom is -0.300 e. The lowest BCUT2D eigenvalue weighted by atomic mass is 9.88. The molecular formula is C21H28ClNS. The lowest BCUT2D eigenvalue weighted by Gasteiger charge is -2.36. The number of benzene rings is 2. The van der Waals surface area contributed by atoms with Gasteiger partial charge in [0, 0.05) is 16.2 Å². The first-order chi connectivity index (χ1) is 11.3. The largest absolute Gasteiger partial charge is 0.300 e. The summed E-state index contributed by atoms with van der Waals surface area (Å²) in [6, 6.07) is 20.1. The molecule has 3 heteroatoms. The second-order valence-electron chi connectivity index (χ2n) is 6.55. The summed E-state index contributed by atoms with van der Waals surface area (Å²) >= 11 is 2.03. The molecule has 0 amide bonds. The van der Waals surface area contributed by atoms with Gasteiger partial charge in [-0.2, -0.15) is 0 Å². The zero-order valence-corrected chi connectivity index (χ0v) is 16.3. The van der Waals surface area contributed by atoms with Crippen LogP contribution in [-0.2, 0) is 0 Å². The minimum absolute atomic E-state index is 0. The van der Waals surface area contributed by atoms with Crippen LogP contribution in [0.2, 0.25) is 0 Å². The SMILES string of the molecule is CCCCC1(CC)CSc2ccccc2C(c2ccccc2)N1.Cl. The van der Waals surface area contributed by atoms with E-state index in [1.54, 1.807) is 0 Å². The third-order valence-corrected chi connectivity index (χ3v) is 6.38. The van der Waals surface area contributed by atoms with Crippen molar-refractivity contribution in [3.05, 3.63) is 65.7 Å². The van der Waals surface area contributed by atoms with E-state index in [1.165, 1.54) is 41.7 Å². The Balaban J connectivity index is 0.00000208. The molecule has 1 aliphatic rings. The van der Waals surface area contributed by atoms with E-state index in [2.05, 4.69) is 73.8 Å². The van der Waals surface area contributed by atoms with Crippen LogP contribution in [0.15, 0.2) is 59.5 Å². The Kier molecular flexibility index (Phi) is 7.21. The summed E-state index contributed by atoms with van der Waals surface area (Å²) in [6.07, 6.45) is 4.98. The number of fused-ring (bicyclic) bond motifs is 1. The van der Waals surface area contributed by atoms with Crippen molar-refractivity contribution in [1.82, 2.24) is 5.32 Å². The summed E-state index contributed by atoms with van der Waals surface area (Å²) < 4.78 is 0. The topological polar surface area (TPSA) is 12.0 Å². The fourth-order valence-electron chi connectivity index (χ4n) is 3.44. The predicted molar refractivity (Wildman–Crippen MR) is 108 cm³/mol. The van der Waals surface area contributed by atoms with Gasteiger partial charge in [0.2, 0.25) is 0 Å². The molecule has 1 nitrogen and oxygen atoms in total. The van der Waals surface area contributed by atoms with Crippen LogP contribution in [0, 0.1) is 0 Å². The number of thioether (sulfide) groups is 1. The molecule has 0 radical (unpaired) electrons. The van der Waals surface area contributed by atoms with Crippen LogP contribution in [0.4, 0.5) is 0 Å². The van der Waals surface area contributed by atoms with Gasteiger partial charge in [0.25, 0.3) is 0 Å². The van der Waals surface area contributed by atoms with Crippen molar-refractivity contribution in [1.29, 1.82) is 0 Å². The Labute approximate surface area is 157 Å². The van der Waals surface area contributed by atoms with Crippen molar-refractivity contribution in [3.63, 3.8) is 0 Å². The molecule has 0 fully saturated rings. The molecule has 2 unspecified atom stereocenters. The molecule has 2 aromatic rings. The van der Waals surface area contributed by atoms with E-state index in [-0.39, 0.29) is 17.9 Å². The average molecular weight is 362 g/mol. The monoisotopic (exact) mass is 361 g/mol. The summed E-state index contributed by atoms with van der Waals surface area (Å²) in [7, 11) is 0. The van der Waals surface area contributed by atoms with E-state index in [4.69, 9.17) is 0 Å². The molecule has 24 heavy (non-hydrogen) atoms. The molecule has 0 aromatic heterocycles. The van der Waals surface area contributed by atoms with Crippen molar-refractivity contribution < 1.29 is 0 Å². The number of hydrogen-bond donors (Lipinski definition) is 1. The highest BCUT2D eigenvalue weighted by Gasteiger charge is 2.35. The molecule has 0 spiro atoms. The fourth-order valence-corrected chi connectivity index (χ4v) is 4.83. The van der Waals surface area contributed by atoms with Crippen molar-refractivity contribution in [2.24, 2.45) is 0 Å². The van der Waals surface area contributed by atoms with E-state index in [1.807, 2.05) is 11.8 Å². The van der Waals surface area contributed by atoms with E-state index in [9.17, 15) is 0 Å². The van der Waals surface area contributed by atoms with E-state index < -0.39 is 0 Å². The molecule has 2 aromatic carbocycles. The number of unbranched alkanes of at least 4 members (excludes halogenated alkanes) is 1. The zero-order valence-electron chi connectivity index (χ0n) is 14.6. The summed E-state index contributed by atoms with van der Waals surface area (Å²) in [5.74, 6) is 1.16. The van der Waals surface area contributed by atoms with Gasteiger partial charge in [0.05, 0.1) is 6.04 Å².